The summed E-state index contributed by atoms with van der Waals surface area (Å²) in [7, 11) is 0. The molecule has 0 radical (unpaired) electrons. The van der Waals surface area contributed by atoms with Crippen LogP contribution in [0.1, 0.15) is 109 Å². The first-order chi connectivity index (χ1) is 25.8. The number of epoxide rings is 1. The fourth-order valence-corrected chi connectivity index (χ4v) is 8.76. The number of hydrogen-bond acceptors (Lipinski definition) is 14. The van der Waals surface area contributed by atoms with Gasteiger partial charge >= 0.3 is 51.4 Å². The summed E-state index contributed by atoms with van der Waals surface area (Å²) in [4.78, 5) is 46.1. The van der Waals surface area contributed by atoms with Crippen LogP contribution in [0.15, 0.2) is 23.0 Å². The number of fused-ring (bicyclic) bond motifs is 6. The zero-order valence-electron chi connectivity index (χ0n) is 35.9. The van der Waals surface area contributed by atoms with E-state index in [1.165, 1.54) is 0 Å². The molecular formula is C40H56F4KO14-. The van der Waals surface area contributed by atoms with Gasteiger partial charge in [0.05, 0.1) is 0 Å². The summed E-state index contributed by atoms with van der Waals surface area (Å²) < 4.78 is 76.3. The zero-order valence-corrected chi connectivity index (χ0v) is 39.1. The average Bonchev–Trinajstić information content (AvgIpc) is 3.64. The van der Waals surface area contributed by atoms with E-state index in [0.717, 1.165) is 18.4 Å². The Balaban J connectivity index is 0.000000207. The first-order valence-electron chi connectivity index (χ1n) is 19.5. The van der Waals surface area contributed by atoms with Crippen molar-refractivity contribution >= 4 is 23.1 Å². The van der Waals surface area contributed by atoms with Crippen molar-refractivity contribution in [3.05, 3.63) is 23.0 Å². The van der Waals surface area contributed by atoms with E-state index in [1.807, 2.05) is 41.5 Å². The molecule has 330 valence electrons. The number of rotatable bonds is 4. The fourth-order valence-electron chi connectivity index (χ4n) is 8.76. The number of carbonyl (C=O) groups is 4. The van der Waals surface area contributed by atoms with Gasteiger partial charge in [-0.15, -0.1) is 0 Å². The van der Waals surface area contributed by atoms with Crippen molar-refractivity contribution in [3.8, 4) is 0 Å². The summed E-state index contributed by atoms with van der Waals surface area (Å²) in [5, 5.41) is 10.0. The fraction of sp³-hybridized carbons (Fsp3) is 0.800. The van der Waals surface area contributed by atoms with Crippen LogP contribution in [-0.4, -0.2) is 124 Å². The molecule has 59 heavy (non-hydrogen) atoms. The van der Waals surface area contributed by atoms with Gasteiger partial charge in [0.2, 0.25) is 11.6 Å². The smallest absolute Gasteiger partial charge is 1.00 e. The Morgan fingerprint density at radius 3 is 1.56 bits per heavy atom. The van der Waals surface area contributed by atoms with Crippen LogP contribution in [0.3, 0.4) is 0 Å². The maximum atomic E-state index is 13.6. The summed E-state index contributed by atoms with van der Waals surface area (Å²) in [6.45, 7) is 21.5. The topological polar surface area (TPSA) is 175 Å². The molecule has 9 rings (SSSR count). The van der Waals surface area contributed by atoms with Gasteiger partial charge in [0.1, 0.15) is 35.6 Å². The van der Waals surface area contributed by atoms with E-state index in [2.05, 4.69) is 0 Å². The number of hydrogen-bond donors (Lipinski definition) is 1. The first kappa shape index (κ1) is 52.5. The van der Waals surface area contributed by atoms with Gasteiger partial charge < -0.3 is 57.1 Å². The van der Waals surface area contributed by atoms with E-state index in [0.29, 0.717) is 12.0 Å². The predicted molar refractivity (Wildman–Crippen MR) is 190 cm³/mol. The van der Waals surface area contributed by atoms with Gasteiger partial charge in [-0.25, -0.2) is 8.78 Å². The van der Waals surface area contributed by atoms with Gasteiger partial charge in [-0.05, 0) is 92.7 Å². The molecule has 12 atom stereocenters. The van der Waals surface area contributed by atoms with Gasteiger partial charge in [0.15, 0.2) is 77.2 Å². The van der Waals surface area contributed by atoms with Crippen LogP contribution in [0.4, 0.5) is 8.78 Å². The van der Waals surface area contributed by atoms with Crippen molar-refractivity contribution in [1.82, 2.24) is 0 Å². The second kappa shape index (κ2) is 17.9. The largest absolute Gasteiger partial charge is 1.00 e. The molecule has 4 unspecified atom stereocenters. The predicted octanol–water partition coefficient (Wildman–Crippen LogP) is -4.63. The van der Waals surface area contributed by atoms with Crippen molar-refractivity contribution in [2.24, 2.45) is 0 Å². The minimum atomic E-state index is -1.91. The van der Waals surface area contributed by atoms with E-state index >= 15 is 0 Å². The molecule has 0 amide bonds. The Labute approximate surface area is 384 Å². The Hall–Kier alpha value is -0.884. The average molecular weight is 876 g/mol. The van der Waals surface area contributed by atoms with Crippen LogP contribution in [0, 0.1) is 0 Å². The third kappa shape index (κ3) is 9.36. The number of aliphatic hydroxyl groups is 1. The molecule has 5 saturated heterocycles. The van der Waals surface area contributed by atoms with Crippen molar-refractivity contribution in [3.63, 3.8) is 0 Å². The van der Waals surface area contributed by atoms with Crippen molar-refractivity contribution in [1.29, 1.82) is 0 Å². The summed E-state index contributed by atoms with van der Waals surface area (Å²) in [6.07, 6.45) is -2.49. The molecule has 0 aromatic heterocycles. The van der Waals surface area contributed by atoms with Crippen LogP contribution < -0.4 is 60.8 Å². The normalized spacial score (nSPS) is 41.2. The Morgan fingerprint density at radius 1 is 0.593 bits per heavy atom. The molecule has 0 aromatic carbocycles. The zero-order chi connectivity index (χ0) is 41.7. The van der Waals surface area contributed by atoms with Gasteiger partial charge in [-0.2, -0.15) is 0 Å². The standard InChI is InChI=1S/C10H15FO4.C10H13FO3.C10H14O4.C10H14O3.2FH.K/c1-4-10(13)7(11)5(12)6-8(10)15-9(2,3)14-6;1-4-5-6(11)7(12)9-8(5)13-10(2,3)14-9;1-4-10-7(14-10)5(11)6-8(10)13-9(2,3)12-6;1-4-6-5-7(11)9-8(6)12-10(2,3)13-9;;;/h6-8,13H,4H2,1-3H3;8-9H,4H2,1-3H3;6-8H,4H2,1-3H3;5,8-9H,4H2,1-3H3;2*1H;/q;;;;;;+1/p-2/t6-,7?,8-,10?;8-,9+;6-,7?,8-,10?;8-,9+;;;/m0101.../s1. The van der Waals surface area contributed by atoms with E-state index in [4.69, 9.17) is 42.6 Å². The maximum absolute atomic E-state index is 13.6. The maximum Gasteiger partial charge on any atom is 1.00 e. The van der Waals surface area contributed by atoms with E-state index in [-0.39, 0.29) is 109 Å². The first-order valence-corrected chi connectivity index (χ1v) is 19.5. The second-order valence-corrected chi connectivity index (χ2v) is 17.3. The molecule has 0 bridgehead atoms. The summed E-state index contributed by atoms with van der Waals surface area (Å²) in [5.41, 5.74) is -0.614. The Bertz CT molecular complexity index is 1720. The minimum absolute atomic E-state index is 0. The molecule has 14 nitrogen and oxygen atoms in total. The van der Waals surface area contributed by atoms with E-state index < -0.39 is 82.8 Å². The molecule has 5 aliphatic heterocycles. The van der Waals surface area contributed by atoms with Gasteiger partial charge in [0, 0.05) is 5.57 Å². The molecule has 4 aliphatic carbocycles. The Kier molecular flexibility index (Phi) is 16.0. The third-order valence-electron chi connectivity index (χ3n) is 11.6. The van der Waals surface area contributed by atoms with Crippen LogP contribution in [-0.2, 0) is 61.8 Å². The quantitative estimate of drug-likeness (QED) is 0.162. The number of alkyl halides is 1. The summed E-state index contributed by atoms with van der Waals surface area (Å²) >= 11 is 0. The van der Waals surface area contributed by atoms with Crippen molar-refractivity contribution in [2.75, 3.05) is 0 Å². The molecule has 5 heterocycles. The number of carbonyl (C=O) groups excluding carboxylic acids is 4. The van der Waals surface area contributed by atoms with Gasteiger partial charge in [-0.3, -0.25) is 19.2 Å². The number of Topliss-reactive ketones (excluding diaryl/α,β-unsaturated/α-hetero) is 3. The molecule has 0 spiro atoms. The van der Waals surface area contributed by atoms with Crippen LogP contribution in [0.2, 0.25) is 0 Å². The second-order valence-electron chi connectivity index (χ2n) is 17.3. The van der Waals surface area contributed by atoms with Crippen LogP contribution in [0.5, 0.6) is 0 Å². The molecule has 2 saturated carbocycles. The molecule has 9 aliphatic rings. The van der Waals surface area contributed by atoms with Gasteiger partial charge in [0.25, 0.3) is 0 Å². The van der Waals surface area contributed by atoms with Gasteiger partial charge in [-0.1, -0.05) is 27.7 Å². The monoisotopic (exact) mass is 875 g/mol. The van der Waals surface area contributed by atoms with E-state index in [1.54, 1.807) is 47.6 Å². The van der Waals surface area contributed by atoms with Crippen molar-refractivity contribution < 1.29 is 136 Å². The minimum Gasteiger partial charge on any atom is -1.00 e. The van der Waals surface area contributed by atoms with Crippen LogP contribution in [0.25, 0.3) is 0 Å². The summed E-state index contributed by atoms with van der Waals surface area (Å²) in [5.74, 6) is -4.83. The summed E-state index contributed by atoms with van der Waals surface area (Å²) in [6, 6.07) is 0. The molecule has 0 aromatic rings. The Morgan fingerprint density at radius 2 is 1.05 bits per heavy atom. The molecule has 1 N–H and O–H groups in total. The molecule has 19 heteroatoms. The number of ketones is 4. The molecule has 7 fully saturated rings. The van der Waals surface area contributed by atoms with E-state index in [9.17, 15) is 33.1 Å². The number of ether oxygens (including phenoxy) is 9. The van der Waals surface area contributed by atoms with Crippen LogP contribution >= 0.6 is 0 Å². The third-order valence-corrected chi connectivity index (χ3v) is 11.6. The molecular weight excluding hydrogens is 820 g/mol. The SMILES string of the molecule is CCC1(O)C(F)C(=O)[C@@H]2OC(C)(C)O[C@@H]21.CCC12OC1C(=O)[C@@H]1OC(C)(C)O[C@@H]12.CCC1=C(F)C(=O)[C@@H]2OC(C)(C)O[C@H]12.CCC1=CC(=O)[C@@H]2OC(C)(C)O[C@H]12.[F-].[F-].[K+]. The van der Waals surface area contributed by atoms with Crippen molar-refractivity contribution in [2.45, 2.75) is 204 Å². The number of halogens is 4.